The maximum Gasteiger partial charge on any atom is 0.215 e. The third kappa shape index (κ3) is 9.19. The number of morpholine rings is 1. The Kier molecular flexibility index (Phi) is 5.38. The molecular formula is C5H12N3O5S-. The first-order valence-electron chi connectivity index (χ1n) is 3.65. The van der Waals surface area contributed by atoms with Gasteiger partial charge in [0.15, 0.2) is 5.96 Å². The van der Waals surface area contributed by atoms with Crippen LogP contribution in [0.2, 0.25) is 0 Å². The summed E-state index contributed by atoms with van der Waals surface area (Å²) in [6, 6.07) is 0. The van der Waals surface area contributed by atoms with Crippen LogP contribution in [0.25, 0.3) is 0 Å². The van der Waals surface area contributed by atoms with E-state index in [2.05, 4.69) is 0 Å². The van der Waals surface area contributed by atoms with Crippen LogP contribution in [-0.2, 0) is 15.1 Å². The van der Waals surface area contributed by atoms with Crippen molar-refractivity contribution < 1.29 is 22.3 Å². The highest BCUT2D eigenvalue weighted by molar-refractivity contribution is 7.79. The maximum atomic E-state index is 8.63. The molecule has 1 fully saturated rings. The topological polar surface area (TPSA) is 140 Å². The van der Waals surface area contributed by atoms with E-state index in [1.54, 1.807) is 4.90 Å². The first-order chi connectivity index (χ1) is 6.30. The van der Waals surface area contributed by atoms with E-state index in [1.165, 1.54) is 0 Å². The Morgan fingerprint density at radius 3 is 2.07 bits per heavy atom. The molecule has 1 aliphatic heterocycles. The Labute approximate surface area is 81.7 Å². The molecule has 8 nitrogen and oxygen atoms in total. The normalized spacial score (nSPS) is 16.9. The highest BCUT2D eigenvalue weighted by atomic mass is 32.3. The summed E-state index contributed by atoms with van der Waals surface area (Å²) in [6.07, 6.45) is 0. The van der Waals surface area contributed by atoms with E-state index >= 15 is 0 Å². The van der Waals surface area contributed by atoms with Crippen molar-refractivity contribution in [2.75, 3.05) is 26.3 Å². The molecular weight excluding hydrogens is 214 g/mol. The fourth-order valence-electron chi connectivity index (χ4n) is 0.804. The van der Waals surface area contributed by atoms with Gasteiger partial charge < -0.3 is 19.9 Å². The van der Waals surface area contributed by atoms with Crippen LogP contribution in [0.5, 0.6) is 0 Å². The number of nitrogens with zero attached hydrogens (tertiary/aromatic N) is 1. The van der Waals surface area contributed by atoms with Crippen LogP contribution in [0.4, 0.5) is 0 Å². The Morgan fingerprint density at radius 2 is 1.86 bits per heavy atom. The number of rotatable bonds is 0. The minimum atomic E-state index is -4.92. The summed E-state index contributed by atoms with van der Waals surface area (Å²) in [4.78, 5) is 1.80. The van der Waals surface area contributed by atoms with E-state index in [9.17, 15) is 0 Å². The lowest BCUT2D eigenvalue weighted by molar-refractivity contribution is 0.0672. The van der Waals surface area contributed by atoms with Crippen LogP contribution in [0.3, 0.4) is 0 Å². The van der Waals surface area contributed by atoms with Crippen LogP contribution >= 0.6 is 0 Å². The molecule has 1 heterocycles. The standard InChI is InChI=1S/C5H11N3O.H2O4S/c6-5(7)8-1-3-9-4-2-8;1-5(2,3)4/h1-4H2,(H3,6,7);(H2,1,2,3,4)/p-1. The molecule has 9 heteroatoms. The van der Waals surface area contributed by atoms with Gasteiger partial charge in [-0.1, -0.05) is 0 Å². The van der Waals surface area contributed by atoms with Gasteiger partial charge in [-0.15, -0.1) is 0 Å². The number of guanidine groups is 1. The second kappa shape index (κ2) is 5.75. The van der Waals surface area contributed by atoms with Crippen molar-refractivity contribution in [1.29, 1.82) is 5.41 Å². The summed E-state index contributed by atoms with van der Waals surface area (Å²) >= 11 is 0. The predicted octanol–water partition coefficient (Wildman–Crippen LogP) is -1.78. The SMILES string of the molecule is N=C(N)N1CCOCC1.O=S(=O)([O-])O. The van der Waals surface area contributed by atoms with Crippen LogP contribution in [-0.4, -0.2) is 54.7 Å². The fraction of sp³-hybridized carbons (Fsp3) is 0.800. The summed E-state index contributed by atoms with van der Waals surface area (Å²) in [5, 5.41) is 7.04. The Bertz CT molecular complexity index is 263. The molecule has 84 valence electrons. The summed E-state index contributed by atoms with van der Waals surface area (Å²) < 4.78 is 37.9. The Morgan fingerprint density at radius 1 is 1.50 bits per heavy atom. The molecule has 0 aromatic heterocycles. The third-order valence-corrected chi connectivity index (χ3v) is 1.35. The summed E-state index contributed by atoms with van der Waals surface area (Å²) in [7, 11) is -4.92. The van der Waals surface area contributed by atoms with Crippen LogP contribution in [0.15, 0.2) is 0 Å². The van der Waals surface area contributed by atoms with Gasteiger partial charge in [0.2, 0.25) is 10.4 Å². The number of hydrogen-bond donors (Lipinski definition) is 3. The Hall–Kier alpha value is -0.900. The summed E-state index contributed by atoms with van der Waals surface area (Å²) in [6.45, 7) is 2.91. The Balaban J connectivity index is 0.000000292. The largest absolute Gasteiger partial charge is 0.726 e. The van der Waals surface area contributed by atoms with Gasteiger partial charge in [0.1, 0.15) is 0 Å². The van der Waals surface area contributed by atoms with Gasteiger partial charge in [-0.05, 0) is 0 Å². The van der Waals surface area contributed by atoms with Gasteiger partial charge in [-0.25, -0.2) is 8.42 Å². The zero-order valence-electron chi connectivity index (χ0n) is 7.34. The summed E-state index contributed by atoms with van der Waals surface area (Å²) in [5.74, 6) is 0.151. The lowest BCUT2D eigenvalue weighted by Crippen LogP contribution is -2.44. The van der Waals surface area contributed by atoms with Gasteiger partial charge in [-0.2, -0.15) is 0 Å². The van der Waals surface area contributed by atoms with E-state index in [4.69, 9.17) is 33.4 Å². The van der Waals surface area contributed by atoms with E-state index in [1.807, 2.05) is 0 Å². The van der Waals surface area contributed by atoms with Crippen molar-refractivity contribution in [3.05, 3.63) is 0 Å². The van der Waals surface area contributed by atoms with Gasteiger partial charge in [0.25, 0.3) is 0 Å². The van der Waals surface area contributed by atoms with Crippen molar-refractivity contribution in [3.63, 3.8) is 0 Å². The maximum absolute atomic E-state index is 8.63. The molecule has 1 saturated heterocycles. The molecule has 0 radical (unpaired) electrons. The number of ether oxygens (including phenoxy) is 1. The van der Waals surface area contributed by atoms with Gasteiger partial charge >= 0.3 is 0 Å². The number of nitrogens with one attached hydrogen (secondary N) is 1. The zero-order chi connectivity index (χ0) is 11.2. The first-order valence-corrected chi connectivity index (χ1v) is 5.02. The van der Waals surface area contributed by atoms with Gasteiger partial charge in [-0.3, -0.25) is 9.96 Å². The third-order valence-electron chi connectivity index (χ3n) is 1.35. The van der Waals surface area contributed by atoms with E-state index in [0.29, 0.717) is 13.2 Å². The van der Waals surface area contributed by atoms with Crippen LogP contribution < -0.4 is 5.73 Å². The molecule has 0 aromatic rings. The monoisotopic (exact) mass is 226 g/mol. The lowest BCUT2D eigenvalue weighted by atomic mass is 10.4. The second-order valence-corrected chi connectivity index (χ2v) is 3.27. The average molecular weight is 226 g/mol. The molecule has 0 amide bonds. The van der Waals surface area contributed by atoms with Crippen molar-refractivity contribution in [1.82, 2.24) is 4.90 Å². The molecule has 4 N–H and O–H groups in total. The number of hydrogen-bond acceptors (Lipinski definition) is 5. The molecule has 0 saturated carbocycles. The van der Waals surface area contributed by atoms with E-state index in [0.717, 1.165) is 13.1 Å². The van der Waals surface area contributed by atoms with E-state index < -0.39 is 10.4 Å². The van der Waals surface area contributed by atoms with Crippen LogP contribution in [0, 0.1) is 5.41 Å². The molecule has 0 aliphatic carbocycles. The molecule has 0 spiro atoms. The highest BCUT2D eigenvalue weighted by Gasteiger charge is 2.09. The predicted molar refractivity (Wildman–Crippen MR) is 46.6 cm³/mol. The van der Waals surface area contributed by atoms with Crippen molar-refractivity contribution in [2.24, 2.45) is 5.73 Å². The quantitative estimate of drug-likeness (QED) is 0.192. The minimum absolute atomic E-state index is 0.151. The molecule has 14 heavy (non-hydrogen) atoms. The van der Waals surface area contributed by atoms with Gasteiger partial charge in [0, 0.05) is 13.1 Å². The molecule has 0 atom stereocenters. The number of nitrogens with two attached hydrogens (primary N) is 1. The minimum Gasteiger partial charge on any atom is -0.726 e. The summed E-state index contributed by atoms with van der Waals surface area (Å²) in [5.41, 5.74) is 5.22. The molecule has 1 rings (SSSR count). The zero-order valence-corrected chi connectivity index (χ0v) is 8.16. The van der Waals surface area contributed by atoms with Gasteiger partial charge in [0.05, 0.1) is 13.2 Å². The van der Waals surface area contributed by atoms with Crippen molar-refractivity contribution >= 4 is 16.4 Å². The first kappa shape index (κ1) is 13.1. The fourth-order valence-corrected chi connectivity index (χ4v) is 0.804. The molecule has 1 aliphatic rings. The van der Waals surface area contributed by atoms with Crippen molar-refractivity contribution in [3.8, 4) is 0 Å². The molecule has 0 unspecified atom stereocenters. The van der Waals surface area contributed by atoms with E-state index in [-0.39, 0.29) is 5.96 Å². The lowest BCUT2D eigenvalue weighted by Gasteiger charge is -2.26. The highest BCUT2D eigenvalue weighted by Crippen LogP contribution is 1.93. The second-order valence-electron chi connectivity index (χ2n) is 2.41. The average Bonchev–Trinajstić information content (AvgIpc) is 2.03. The molecule has 0 bridgehead atoms. The molecule has 0 aromatic carbocycles. The smallest absolute Gasteiger partial charge is 0.215 e. The van der Waals surface area contributed by atoms with Crippen molar-refractivity contribution in [2.45, 2.75) is 0 Å². The van der Waals surface area contributed by atoms with Crippen LogP contribution in [0.1, 0.15) is 0 Å².